The van der Waals surface area contributed by atoms with Gasteiger partial charge >= 0.3 is 0 Å². The summed E-state index contributed by atoms with van der Waals surface area (Å²) in [6.07, 6.45) is -15.3. The van der Waals surface area contributed by atoms with Gasteiger partial charge in [-0.2, -0.15) is 0 Å². The van der Waals surface area contributed by atoms with Crippen LogP contribution in [0.2, 0.25) is 0 Å². The minimum atomic E-state index is -1.83. The molecule has 4 aliphatic heterocycles. The van der Waals surface area contributed by atoms with E-state index in [0.717, 1.165) is 57.1 Å². The van der Waals surface area contributed by atoms with Crippen LogP contribution in [-0.2, 0) is 33.2 Å². The normalized spacial score (nSPS) is 57.8. The summed E-state index contributed by atoms with van der Waals surface area (Å²) in [4.78, 5) is 0. The molecule has 9 fully saturated rings. The van der Waals surface area contributed by atoms with E-state index in [2.05, 4.69) is 48.1 Å². The Labute approximate surface area is 387 Å². The molecule has 25 atom stereocenters. The maximum absolute atomic E-state index is 12.4. The molecule has 2 bridgehead atoms. The van der Waals surface area contributed by atoms with Crippen molar-refractivity contribution in [3.05, 3.63) is 12.3 Å². The molecule has 0 aromatic carbocycles. The monoisotopic (exact) mass is 943 g/mol. The van der Waals surface area contributed by atoms with Crippen molar-refractivity contribution in [3.8, 4) is 0 Å². The molecule has 1 spiro atoms. The van der Waals surface area contributed by atoms with Crippen LogP contribution in [0.5, 0.6) is 0 Å². The molecule has 0 aromatic rings. The maximum atomic E-state index is 12.4. The van der Waals surface area contributed by atoms with E-state index < -0.39 is 128 Å². The molecule has 66 heavy (non-hydrogen) atoms. The predicted molar refractivity (Wildman–Crippen MR) is 229 cm³/mol. The number of aliphatic hydroxyl groups is 11. The summed E-state index contributed by atoms with van der Waals surface area (Å²) < 4.78 is 43.8. The van der Waals surface area contributed by atoms with Gasteiger partial charge in [0.25, 0.3) is 0 Å². The Balaban J connectivity index is 0.969. The molecular formula is C48H78O18. The van der Waals surface area contributed by atoms with E-state index in [1.54, 1.807) is 0 Å². The number of fused-ring (bicyclic) bond motifs is 4. The summed E-state index contributed by atoms with van der Waals surface area (Å²) >= 11 is 0. The summed E-state index contributed by atoms with van der Waals surface area (Å²) in [5.41, 5.74) is -2.49. The number of rotatable bonds is 9. The number of ether oxygens (including phenoxy) is 7. The lowest BCUT2D eigenvalue weighted by molar-refractivity contribution is -0.383. The second-order valence-corrected chi connectivity index (χ2v) is 23.7. The molecule has 9 rings (SSSR count). The fourth-order valence-corrected chi connectivity index (χ4v) is 16.4. The molecule has 0 aromatic heterocycles. The molecule has 18 nitrogen and oxygen atoms in total. The van der Waals surface area contributed by atoms with Crippen molar-refractivity contribution >= 4 is 0 Å². The highest BCUT2D eigenvalue weighted by molar-refractivity contribution is 5.34. The molecule has 9 aliphatic rings. The molecule has 4 heterocycles. The largest absolute Gasteiger partial charge is 0.491 e. The van der Waals surface area contributed by atoms with Crippen molar-refractivity contribution in [2.24, 2.45) is 50.2 Å². The Morgan fingerprint density at radius 1 is 0.606 bits per heavy atom. The minimum absolute atomic E-state index is 0.0484. The van der Waals surface area contributed by atoms with E-state index in [4.69, 9.17) is 33.2 Å². The third kappa shape index (κ3) is 6.89. The Bertz CT molecular complexity index is 1800. The van der Waals surface area contributed by atoms with E-state index in [1.165, 1.54) is 0 Å². The smallest absolute Gasteiger partial charge is 0.187 e. The van der Waals surface area contributed by atoms with Gasteiger partial charge in [0.1, 0.15) is 72.7 Å². The maximum Gasteiger partial charge on any atom is 0.187 e. The van der Waals surface area contributed by atoms with Gasteiger partial charge in [0, 0.05) is 17.9 Å². The van der Waals surface area contributed by atoms with E-state index in [9.17, 15) is 56.2 Å². The second kappa shape index (κ2) is 17.0. The van der Waals surface area contributed by atoms with Crippen LogP contribution in [0.4, 0.5) is 0 Å². The van der Waals surface area contributed by atoms with Crippen molar-refractivity contribution in [2.75, 3.05) is 26.4 Å². The van der Waals surface area contributed by atoms with Crippen molar-refractivity contribution in [1.29, 1.82) is 0 Å². The highest BCUT2D eigenvalue weighted by Gasteiger charge is 2.81. The fraction of sp³-hybridized carbons (Fsp3) is 0.958. The molecule has 11 N–H and O–H groups in total. The highest BCUT2D eigenvalue weighted by atomic mass is 16.8. The fourth-order valence-electron chi connectivity index (χ4n) is 16.4. The van der Waals surface area contributed by atoms with E-state index in [1.807, 2.05) is 0 Å². The third-order valence-corrected chi connectivity index (χ3v) is 20.4. The standard InChI is InChI=1S/C48H78O18/c1-22-47-15-14-43(4,21-51)16-28(47)48(66-22)13-9-27-44(5)11-10-30(42(2,3)26(44)8-12-45(27,6)46(48,7)17-29(47)52)64-41-38(65-40-37(59)35(57)32(54)24(19-50)62-40)33(55)25(20-60-41)63-39-36(58)34(56)31(53)23(18-49)61-39/h23-41,49-59H,1,8-21H2,2-7H3. The molecule has 0 amide bonds. The summed E-state index contributed by atoms with van der Waals surface area (Å²) in [6.45, 7) is 16.6. The van der Waals surface area contributed by atoms with Gasteiger partial charge < -0.3 is 89.3 Å². The third-order valence-electron chi connectivity index (χ3n) is 20.4. The van der Waals surface area contributed by atoms with E-state index >= 15 is 0 Å². The topological polar surface area (TPSA) is 287 Å². The van der Waals surface area contributed by atoms with Gasteiger partial charge in [-0.15, -0.1) is 0 Å². The van der Waals surface area contributed by atoms with Crippen molar-refractivity contribution in [2.45, 2.75) is 210 Å². The van der Waals surface area contributed by atoms with Gasteiger partial charge in [-0.25, -0.2) is 0 Å². The van der Waals surface area contributed by atoms with Crippen LogP contribution < -0.4 is 0 Å². The predicted octanol–water partition coefficient (Wildman–Crippen LogP) is -0.0497. The molecule has 4 saturated heterocycles. The molecule has 0 radical (unpaired) electrons. The first-order valence-corrected chi connectivity index (χ1v) is 24.5. The first-order valence-electron chi connectivity index (χ1n) is 24.5. The summed E-state index contributed by atoms with van der Waals surface area (Å²) in [7, 11) is 0. The van der Waals surface area contributed by atoms with Gasteiger partial charge in [-0.3, -0.25) is 0 Å². The molecule has 5 aliphatic carbocycles. The molecule has 5 saturated carbocycles. The number of aliphatic hydroxyl groups excluding tert-OH is 11. The van der Waals surface area contributed by atoms with Crippen molar-refractivity contribution in [3.63, 3.8) is 0 Å². The zero-order valence-corrected chi connectivity index (χ0v) is 39.4. The van der Waals surface area contributed by atoms with Crippen LogP contribution in [0.3, 0.4) is 0 Å². The minimum Gasteiger partial charge on any atom is -0.491 e. The molecule has 25 unspecified atom stereocenters. The zero-order valence-electron chi connectivity index (χ0n) is 39.4. The molecular weight excluding hydrogens is 865 g/mol. The van der Waals surface area contributed by atoms with Crippen LogP contribution in [0.15, 0.2) is 12.3 Å². The average Bonchev–Trinajstić information content (AvgIpc) is 3.49. The number of hydrogen-bond acceptors (Lipinski definition) is 18. The van der Waals surface area contributed by atoms with Gasteiger partial charge in [-0.05, 0) is 97.7 Å². The van der Waals surface area contributed by atoms with Crippen LogP contribution in [-0.4, -0.2) is 186 Å². The first kappa shape index (κ1) is 49.8. The second-order valence-electron chi connectivity index (χ2n) is 23.7. The summed E-state index contributed by atoms with van der Waals surface area (Å²) in [5.74, 6) is 1.21. The van der Waals surface area contributed by atoms with Gasteiger partial charge in [-0.1, -0.05) is 48.1 Å². The first-order chi connectivity index (χ1) is 30.9. The Kier molecular flexibility index (Phi) is 12.8. The van der Waals surface area contributed by atoms with Crippen LogP contribution in [0, 0.1) is 50.2 Å². The van der Waals surface area contributed by atoms with Gasteiger partial charge in [0.05, 0.1) is 43.2 Å². The summed E-state index contributed by atoms with van der Waals surface area (Å²) in [5, 5.41) is 118. The van der Waals surface area contributed by atoms with Crippen LogP contribution in [0.1, 0.15) is 106 Å². The Morgan fingerprint density at radius 2 is 1.21 bits per heavy atom. The lowest BCUT2D eigenvalue weighted by atomic mass is 9.30. The highest BCUT2D eigenvalue weighted by Crippen LogP contribution is 2.82. The van der Waals surface area contributed by atoms with E-state index in [0.29, 0.717) is 12.8 Å². The van der Waals surface area contributed by atoms with E-state index in [-0.39, 0.29) is 52.6 Å². The van der Waals surface area contributed by atoms with Crippen LogP contribution in [0.25, 0.3) is 0 Å². The Hall–Kier alpha value is -1.14. The number of hydrogen-bond donors (Lipinski definition) is 11. The lowest BCUT2D eigenvalue weighted by Gasteiger charge is -2.74. The van der Waals surface area contributed by atoms with Gasteiger partial charge in [0.15, 0.2) is 18.9 Å². The van der Waals surface area contributed by atoms with Crippen LogP contribution >= 0.6 is 0 Å². The Morgan fingerprint density at radius 3 is 1.82 bits per heavy atom. The average molecular weight is 943 g/mol. The van der Waals surface area contributed by atoms with Gasteiger partial charge in [0.2, 0.25) is 0 Å². The zero-order chi connectivity index (χ0) is 47.9. The quantitative estimate of drug-likeness (QED) is 0.135. The molecule has 18 heteroatoms. The van der Waals surface area contributed by atoms with Crippen molar-refractivity contribution in [1.82, 2.24) is 0 Å². The molecule has 378 valence electrons. The van der Waals surface area contributed by atoms with Crippen molar-refractivity contribution < 1.29 is 89.3 Å². The summed E-state index contributed by atoms with van der Waals surface area (Å²) in [6, 6.07) is 0. The lowest BCUT2D eigenvalue weighted by Crippen LogP contribution is -2.74. The SMILES string of the molecule is C=C1OC23CCC4C5(C)CCC(OC6OCC(OC7OC(CO)C(O)C(O)C7O)C(O)C6OC6OC(CO)C(O)C(O)C6O)C(C)(C)C5CCC4(C)C2(C)CC(O)C12CCC(C)(CO)CC23.